The zero-order valence-electron chi connectivity index (χ0n) is 6.75. The van der Waals surface area contributed by atoms with Crippen LogP contribution < -0.4 is 5.73 Å². The van der Waals surface area contributed by atoms with Gasteiger partial charge in [0.2, 0.25) is 0 Å². The van der Waals surface area contributed by atoms with E-state index in [1.165, 1.54) is 0 Å². The third kappa shape index (κ3) is 1.93. The summed E-state index contributed by atoms with van der Waals surface area (Å²) in [6.07, 6.45) is 0.745. The Balaban J connectivity index is 3.12. The molecule has 64 valence electrons. The first-order valence-corrected chi connectivity index (χ1v) is 4.41. The zero-order chi connectivity index (χ0) is 9.14. The van der Waals surface area contributed by atoms with E-state index in [-0.39, 0.29) is 0 Å². The molecule has 0 saturated heterocycles. The van der Waals surface area contributed by atoms with Crippen LogP contribution in [0.15, 0.2) is 22.7 Å². The maximum absolute atomic E-state index is 10.4. The molecule has 2 N–H and O–H groups in total. The predicted molar refractivity (Wildman–Crippen MR) is 51.9 cm³/mol. The van der Waals surface area contributed by atoms with E-state index in [1.54, 1.807) is 0 Å². The van der Waals surface area contributed by atoms with Gasteiger partial charge in [-0.1, -0.05) is 22.0 Å². The van der Waals surface area contributed by atoms with Crippen molar-refractivity contribution in [3.63, 3.8) is 0 Å². The Bertz CT molecular complexity index is 299. The van der Waals surface area contributed by atoms with E-state index in [4.69, 9.17) is 5.73 Å². The summed E-state index contributed by atoms with van der Waals surface area (Å²) < 4.78 is 0.945. The topological polar surface area (TPSA) is 43.1 Å². The van der Waals surface area contributed by atoms with Crippen LogP contribution in [-0.4, -0.2) is 6.29 Å². The van der Waals surface area contributed by atoms with E-state index in [0.29, 0.717) is 0 Å². The number of hydrogen-bond donors (Lipinski definition) is 1. The summed E-state index contributed by atoms with van der Waals surface area (Å²) >= 11 is 3.32. The number of carbonyl (C=O) groups is 1. The van der Waals surface area contributed by atoms with Crippen molar-refractivity contribution in [1.82, 2.24) is 0 Å². The van der Waals surface area contributed by atoms with Crippen molar-refractivity contribution in [1.29, 1.82) is 0 Å². The summed E-state index contributed by atoms with van der Waals surface area (Å²) in [6, 6.07) is 5.22. The Morgan fingerprint density at radius 1 is 1.58 bits per heavy atom. The van der Waals surface area contributed by atoms with Crippen LogP contribution in [0.2, 0.25) is 0 Å². The molecule has 0 aromatic heterocycles. The van der Waals surface area contributed by atoms with Gasteiger partial charge in [0, 0.05) is 4.47 Å². The molecule has 0 spiro atoms. The van der Waals surface area contributed by atoms with Gasteiger partial charge < -0.3 is 10.5 Å². The standard InChI is InChI=1S/C9H10BrNO/c1-6-2-3-7(10)4-8(6)9(11)5-12/h2-5,9H,11H2,1H3. The van der Waals surface area contributed by atoms with Crippen LogP contribution in [0.5, 0.6) is 0 Å². The Kier molecular flexibility index (Phi) is 3.00. The third-order valence-electron chi connectivity index (χ3n) is 1.75. The number of rotatable bonds is 2. The van der Waals surface area contributed by atoms with Crippen molar-refractivity contribution in [2.75, 3.05) is 0 Å². The average molecular weight is 228 g/mol. The van der Waals surface area contributed by atoms with Gasteiger partial charge in [0.25, 0.3) is 0 Å². The van der Waals surface area contributed by atoms with Crippen LogP contribution in [0.3, 0.4) is 0 Å². The van der Waals surface area contributed by atoms with Gasteiger partial charge in [0.1, 0.15) is 6.29 Å². The Morgan fingerprint density at radius 3 is 2.83 bits per heavy atom. The van der Waals surface area contributed by atoms with Gasteiger partial charge in [-0.05, 0) is 30.2 Å². The van der Waals surface area contributed by atoms with Crippen LogP contribution in [0.25, 0.3) is 0 Å². The highest BCUT2D eigenvalue weighted by Crippen LogP contribution is 2.19. The van der Waals surface area contributed by atoms with E-state index in [2.05, 4.69) is 15.9 Å². The molecule has 0 saturated carbocycles. The van der Waals surface area contributed by atoms with E-state index < -0.39 is 6.04 Å². The molecule has 0 aliphatic carbocycles. The zero-order valence-corrected chi connectivity index (χ0v) is 8.34. The number of benzene rings is 1. The molecule has 1 unspecified atom stereocenters. The summed E-state index contributed by atoms with van der Waals surface area (Å²) in [5.41, 5.74) is 7.49. The van der Waals surface area contributed by atoms with E-state index in [9.17, 15) is 4.79 Å². The molecule has 1 aromatic rings. The lowest BCUT2D eigenvalue weighted by molar-refractivity contribution is -0.109. The van der Waals surface area contributed by atoms with E-state index in [1.807, 2.05) is 25.1 Å². The van der Waals surface area contributed by atoms with Crippen LogP contribution in [-0.2, 0) is 4.79 Å². The maximum atomic E-state index is 10.4. The molecule has 0 fully saturated rings. The van der Waals surface area contributed by atoms with Crippen LogP contribution in [0.1, 0.15) is 17.2 Å². The highest BCUT2D eigenvalue weighted by atomic mass is 79.9. The van der Waals surface area contributed by atoms with Crippen molar-refractivity contribution in [3.8, 4) is 0 Å². The third-order valence-corrected chi connectivity index (χ3v) is 2.24. The highest BCUT2D eigenvalue weighted by molar-refractivity contribution is 9.10. The molecule has 1 rings (SSSR count). The van der Waals surface area contributed by atoms with Gasteiger partial charge >= 0.3 is 0 Å². The quantitative estimate of drug-likeness (QED) is 0.786. The first kappa shape index (κ1) is 9.42. The summed E-state index contributed by atoms with van der Waals surface area (Å²) in [5.74, 6) is 0. The summed E-state index contributed by atoms with van der Waals surface area (Å²) in [4.78, 5) is 10.4. The van der Waals surface area contributed by atoms with Gasteiger partial charge in [0.05, 0.1) is 6.04 Å². The van der Waals surface area contributed by atoms with Crippen molar-refractivity contribution < 1.29 is 4.79 Å². The minimum atomic E-state index is -0.512. The van der Waals surface area contributed by atoms with Gasteiger partial charge in [-0.2, -0.15) is 0 Å². The first-order chi connectivity index (χ1) is 5.65. The minimum Gasteiger partial charge on any atom is -0.318 e. The van der Waals surface area contributed by atoms with Crippen LogP contribution in [0.4, 0.5) is 0 Å². The number of halogens is 1. The maximum Gasteiger partial charge on any atom is 0.141 e. The number of aryl methyl sites for hydroxylation is 1. The number of hydrogen-bond acceptors (Lipinski definition) is 2. The second-order valence-corrected chi connectivity index (χ2v) is 3.58. The number of carbonyl (C=O) groups excluding carboxylic acids is 1. The molecule has 0 amide bonds. The second kappa shape index (κ2) is 3.83. The molecule has 3 heteroatoms. The molecule has 1 atom stereocenters. The van der Waals surface area contributed by atoms with Gasteiger partial charge in [-0.3, -0.25) is 0 Å². The SMILES string of the molecule is Cc1ccc(Br)cc1C(N)C=O. The summed E-state index contributed by atoms with van der Waals surface area (Å²) in [7, 11) is 0. The molecule has 0 aliphatic rings. The Hall–Kier alpha value is -0.670. The van der Waals surface area contributed by atoms with E-state index >= 15 is 0 Å². The lowest BCUT2D eigenvalue weighted by Crippen LogP contribution is -2.12. The molecule has 0 radical (unpaired) electrons. The van der Waals surface area contributed by atoms with Gasteiger partial charge in [-0.15, -0.1) is 0 Å². The molecule has 0 aliphatic heterocycles. The molecular weight excluding hydrogens is 218 g/mol. The fraction of sp³-hybridized carbons (Fsp3) is 0.222. The highest BCUT2D eigenvalue weighted by Gasteiger charge is 2.07. The average Bonchev–Trinajstić information content (AvgIpc) is 2.08. The normalized spacial score (nSPS) is 12.6. The molecule has 0 heterocycles. The largest absolute Gasteiger partial charge is 0.318 e. The van der Waals surface area contributed by atoms with Crippen LogP contribution >= 0.6 is 15.9 Å². The molecular formula is C9H10BrNO. The van der Waals surface area contributed by atoms with Crippen molar-refractivity contribution >= 4 is 22.2 Å². The number of aldehydes is 1. The lowest BCUT2D eigenvalue weighted by Gasteiger charge is -2.08. The first-order valence-electron chi connectivity index (χ1n) is 3.62. The Labute approximate surface area is 79.9 Å². The van der Waals surface area contributed by atoms with Crippen molar-refractivity contribution in [3.05, 3.63) is 33.8 Å². The van der Waals surface area contributed by atoms with E-state index in [0.717, 1.165) is 21.9 Å². The lowest BCUT2D eigenvalue weighted by atomic mass is 10.0. The molecule has 12 heavy (non-hydrogen) atoms. The second-order valence-electron chi connectivity index (χ2n) is 2.66. The monoisotopic (exact) mass is 227 g/mol. The predicted octanol–water partition coefficient (Wildman–Crippen LogP) is 1.96. The fourth-order valence-corrected chi connectivity index (χ4v) is 1.42. The molecule has 0 bridgehead atoms. The van der Waals surface area contributed by atoms with Gasteiger partial charge in [-0.25, -0.2) is 0 Å². The summed E-state index contributed by atoms with van der Waals surface area (Å²) in [5, 5.41) is 0. The van der Waals surface area contributed by atoms with Crippen LogP contribution in [0, 0.1) is 6.92 Å². The van der Waals surface area contributed by atoms with Gasteiger partial charge in [0.15, 0.2) is 0 Å². The number of nitrogens with two attached hydrogens (primary N) is 1. The summed E-state index contributed by atoms with van der Waals surface area (Å²) in [6.45, 7) is 1.94. The smallest absolute Gasteiger partial charge is 0.141 e. The fourth-order valence-electron chi connectivity index (χ4n) is 1.04. The van der Waals surface area contributed by atoms with Crippen molar-refractivity contribution in [2.45, 2.75) is 13.0 Å². The van der Waals surface area contributed by atoms with Crippen molar-refractivity contribution in [2.24, 2.45) is 5.73 Å². The molecule has 2 nitrogen and oxygen atoms in total. The Morgan fingerprint density at radius 2 is 2.25 bits per heavy atom. The molecule has 1 aromatic carbocycles. The minimum absolute atomic E-state index is 0.512.